The third-order valence-electron chi connectivity index (χ3n) is 7.32. The summed E-state index contributed by atoms with van der Waals surface area (Å²) in [7, 11) is 3.38. The summed E-state index contributed by atoms with van der Waals surface area (Å²) in [4.78, 5) is 27.9. The lowest BCUT2D eigenvalue weighted by atomic mass is 10.1. The number of hydrogen-bond donors (Lipinski definition) is 3. The normalized spacial score (nSPS) is 16.3. The molecule has 1 saturated heterocycles. The number of H-pyrrole nitrogens is 1. The van der Waals surface area contributed by atoms with Crippen LogP contribution in [-0.4, -0.2) is 84.5 Å². The molecule has 12 heteroatoms. The minimum absolute atomic E-state index is 0.118. The zero-order valence-corrected chi connectivity index (χ0v) is 24.2. The van der Waals surface area contributed by atoms with Crippen molar-refractivity contribution in [1.82, 2.24) is 25.1 Å². The van der Waals surface area contributed by atoms with E-state index in [0.717, 1.165) is 87.1 Å². The summed E-state index contributed by atoms with van der Waals surface area (Å²) in [6.45, 7) is 7.04. The van der Waals surface area contributed by atoms with Crippen LogP contribution in [0.5, 0.6) is 5.75 Å². The average molecular weight is 567 g/mol. The Labute approximate surface area is 239 Å². The minimum Gasteiger partial charge on any atom is -0.490 e. The number of rotatable bonds is 11. The van der Waals surface area contributed by atoms with Crippen molar-refractivity contribution >= 4 is 40.8 Å². The molecule has 3 heterocycles. The lowest BCUT2D eigenvalue weighted by Gasteiger charge is -2.36. The summed E-state index contributed by atoms with van der Waals surface area (Å²) in [5.41, 5.74) is 1.75. The maximum Gasteiger partial charge on any atom is 0.227 e. The fraction of sp³-hybridized carbons (Fsp3) is 0.500. The zero-order valence-electron chi connectivity index (χ0n) is 23.4. The molecule has 0 bridgehead atoms. The first kappa shape index (κ1) is 28.2. The average Bonchev–Trinajstić information content (AvgIpc) is 3.65. The fourth-order valence-electron chi connectivity index (χ4n) is 5.10. The summed E-state index contributed by atoms with van der Waals surface area (Å²) >= 11 is 1.47. The SMILES string of the molecule is COCCN1CCN(c2nc(Sc3ccc(NC(=O)C4CCCC4)cc3)nc(Nc3cc(C)[nH]n3)c2OC)CC1. The molecule has 1 aliphatic carbocycles. The van der Waals surface area contributed by atoms with Gasteiger partial charge in [0, 0.05) is 68.1 Å². The number of hydrogen-bond acceptors (Lipinski definition) is 10. The van der Waals surface area contributed by atoms with Crippen molar-refractivity contribution in [3.05, 3.63) is 36.0 Å². The van der Waals surface area contributed by atoms with E-state index >= 15 is 0 Å². The fourth-order valence-corrected chi connectivity index (χ4v) is 5.85. The van der Waals surface area contributed by atoms with Crippen molar-refractivity contribution in [2.24, 2.45) is 5.92 Å². The van der Waals surface area contributed by atoms with Gasteiger partial charge in [-0.2, -0.15) is 5.10 Å². The topological polar surface area (TPSA) is 121 Å². The van der Waals surface area contributed by atoms with Gasteiger partial charge < -0.3 is 25.0 Å². The number of amides is 1. The van der Waals surface area contributed by atoms with Gasteiger partial charge >= 0.3 is 0 Å². The first-order valence-electron chi connectivity index (χ1n) is 13.8. The standard InChI is InChI=1S/C28H38N8O3S/c1-19-18-23(34-33-19)30-25-24(39-3)26(36-14-12-35(13-15-36)16-17-38-2)32-28(31-25)40-22-10-8-21(9-11-22)29-27(37)20-6-4-5-7-20/h8-11,18,20H,4-7,12-17H2,1-3H3,(H,29,37)(H2,30,31,32,33,34). The minimum atomic E-state index is 0.118. The van der Waals surface area contributed by atoms with Gasteiger partial charge in [-0.05, 0) is 55.8 Å². The highest BCUT2D eigenvalue weighted by atomic mass is 32.2. The van der Waals surface area contributed by atoms with Gasteiger partial charge in [-0.1, -0.05) is 12.8 Å². The van der Waals surface area contributed by atoms with Crippen LogP contribution >= 0.6 is 11.8 Å². The Morgan fingerprint density at radius 3 is 2.50 bits per heavy atom. The molecular weight excluding hydrogens is 528 g/mol. The van der Waals surface area contributed by atoms with Crippen molar-refractivity contribution in [1.29, 1.82) is 0 Å². The van der Waals surface area contributed by atoms with Crippen LogP contribution in [-0.2, 0) is 9.53 Å². The van der Waals surface area contributed by atoms with E-state index in [0.29, 0.717) is 22.5 Å². The van der Waals surface area contributed by atoms with Crippen LogP contribution in [0.4, 0.5) is 23.1 Å². The maximum absolute atomic E-state index is 12.5. The van der Waals surface area contributed by atoms with E-state index in [1.165, 1.54) is 11.8 Å². The van der Waals surface area contributed by atoms with E-state index in [9.17, 15) is 4.79 Å². The van der Waals surface area contributed by atoms with Gasteiger partial charge in [0.1, 0.15) is 0 Å². The van der Waals surface area contributed by atoms with Crippen LogP contribution in [0.15, 0.2) is 40.4 Å². The molecule has 5 rings (SSSR count). The van der Waals surface area contributed by atoms with E-state index in [1.54, 1.807) is 14.2 Å². The van der Waals surface area contributed by atoms with E-state index in [2.05, 4.69) is 30.6 Å². The summed E-state index contributed by atoms with van der Waals surface area (Å²) in [5.74, 6) is 2.80. The highest BCUT2D eigenvalue weighted by Crippen LogP contribution is 2.38. The van der Waals surface area contributed by atoms with Crippen molar-refractivity contribution in [3.63, 3.8) is 0 Å². The molecule has 2 aliphatic rings. The number of aromatic nitrogens is 4. The number of anilines is 4. The van der Waals surface area contributed by atoms with Crippen molar-refractivity contribution in [2.45, 2.75) is 42.7 Å². The van der Waals surface area contributed by atoms with Crippen molar-refractivity contribution < 1.29 is 14.3 Å². The Hall–Kier alpha value is -3.35. The maximum atomic E-state index is 12.5. The number of carbonyl (C=O) groups excluding carboxylic acids is 1. The summed E-state index contributed by atoms with van der Waals surface area (Å²) in [6, 6.07) is 9.76. The molecule has 3 N–H and O–H groups in total. The van der Waals surface area contributed by atoms with Crippen molar-refractivity contribution in [2.75, 3.05) is 69.1 Å². The smallest absolute Gasteiger partial charge is 0.227 e. The number of aryl methyl sites for hydroxylation is 1. The van der Waals surface area contributed by atoms with Gasteiger partial charge in [-0.3, -0.25) is 14.8 Å². The molecule has 1 aliphatic heterocycles. The Kier molecular flexibility index (Phi) is 9.40. The summed E-state index contributed by atoms with van der Waals surface area (Å²) in [6.07, 6.45) is 4.23. The monoisotopic (exact) mass is 566 g/mol. The van der Waals surface area contributed by atoms with Crippen LogP contribution in [0, 0.1) is 12.8 Å². The van der Waals surface area contributed by atoms with Gasteiger partial charge in [0.15, 0.2) is 22.6 Å². The van der Waals surface area contributed by atoms with E-state index < -0.39 is 0 Å². The number of ether oxygens (including phenoxy) is 2. The van der Waals surface area contributed by atoms with Crippen LogP contribution in [0.25, 0.3) is 0 Å². The molecule has 0 radical (unpaired) electrons. The molecule has 0 unspecified atom stereocenters. The molecule has 1 aromatic carbocycles. The van der Waals surface area contributed by atoms with E-state index in [4.69, 9.17) is 19.4 Å². The molecule has 1 saturated carbocycles. The number of carbonyl (C=O) groups is 1. The first-order chi connectivity index (χ1) is 19.5. The van der Waals surface area contributed by atoms with Crippen LogP contribution < -0.4 is 20.3 Å². The Balaban J connectivity index is 1.36. The Bertz CT molecular complexity index is 1270. The summed E-state index contributed by atoms with van der Waals surface area (Å²) < 4.78 is 11.1. The number of piperazine rings is 1. The van der Waals surface area contributed by atoms with Gasteiger partial charge in [0.05, 0.1) is 13.7 Å². The number of aromatic amines is 1. The van der Waals surface area contributed by atoms with Crippen LogP contribution in [0.1, 0.15) is 31.4 Å². The molecule has 1 amide bonds. The molecule has 40 heavy (non-hydrogen) atoms. The third kappa shape index (κ3) is 7.04. The second kappa shape index (κ2) is 13.3. The number of benzene rings is 1. The van der Waals surface area contributed by atoms with Gasteiger partial charge in [-0.25, -0.2) is 9.97 Å². The van der Waals surface area contributed by atoms with E-state index in [-0.39, 0.29) is 11.8 Å². The zero-order chi connectivity index (χ0) is 27.9. The third-order valence-corrected chi connectivity index (χ3v) is 8.20. The van der Waals surface area contributed by atoms with Crippen LogP contribution in [0.2, 0.25) is 0 Å². The molecule has 3 aromatic rings. The highest BCUT2D eigenvalue weighted by molar-refractivity contribution is 7.99. The second-order valence-corrected chi connectivity index (χ2v) is 11.2. The second-order valence-electron chi connectivity index (χ2n) is 10.2. The highest BCUT2D eigenvalue weighted by Gasteiger charge is 2.26. The molecule has 214 valence electrons. The van der Waals surface area contributed by atoms with Gasteiger partial charge in [0.25, 0.3) is 0 Å². The molecule has 2 fully saturated rings. The lowest BCUT2D eigenvalue weighted by Crippen LogP contribution is -2.47. The number of nitrogens with one attached hydrogen (secondary N) is 3. The van der Waals surface area contributed by atoms with Crippen LogP contribution in [0.3, 0.4) is 0 Å². The van der Waals surface area contributed by atoms with Gasteiger partial charge in [0.2, 0.25) is 11.7 Å². The predicted molar refractivity (Wildman–Crippen MR) is 157 cm³/mol. The Morgan fingerprint density at radius 1 is 1.10 bits per heavy atom. The molecule has 2 aromatic heterocycles. The molecule has 11 nitrogen and oxygen atoms in total. The predicted octanol–water partition coefficient (Wildman–Crippen LogP) is 4.31. The lowest BCUT2D eigenvalue weighted by molar-refractivity contribution is -0.119. The Morgan fingerprint density at radius 2 is 1.85 bits per heavy atom. The molecule has 0 spiro atoms. The van der Waals surface area contributed by atoms with Crippen molar-refractivity contribution in [3.8, 4) is 5.75 Å². The first-order valence-corrected chi connectivity index (χ1v) is 14.6. The molecular formula is C28H38N8O3S. The quantitative estimate of drug-likeness (QED) is 0.290. The van der Waals surface area contributed by atoms with Gasteiger partial charge in [-0.15, -0.1) is 0 Å². The summed E-state index contributed by atoms with van der Waals surface area (Å²) in [5, 5.41) is 14.2. The number of methoxy groups -OCH3 is 2. The largest absolute Gasteiger partial charge is 0.490 e. The number of nitrogens with zero attached hydrogens (tertiary/aromatic N) is 5. The molecule has 0 atom stereocenters. The van der Waals surface area contributed by atoms with E-state index in [1.807, 2.05) is 37.3 Å².